The van der Waals surface area contributed by atoms with Crippen molar-refractivity contribution in [2.45, 2.75) is 26.2 Å². The second kappa shape index (κ2) is 9.12. The fraction of sp³-hybridized carbons (Fsp3) is 1.00. The summed E-state index contributed by atoms with van der Waals surface area (Å²) < 4.78 is 27.2. The molecule has 0 atom stereocenters. The minimum atomic E-state index is -2.78. The normalized spacial score (nSPS) is 11.9. The van der Waals surface area contributed by atoms with Crippen molar-refractivity contribution in [1.82, 2.24) is 5.32 Å². The molecule has 0 aromatic rings. The number of rotatable bonds is 10. The Bertz CT molecular complexity index is 227. The molecule has 0 aromatic heterocycles. The van der Waals surface area contributed by atoms with Crippen molar-refractivity contribution >= 4 is 9.84 Å². The molecule has 0 heterocycles. The van der Waals surface area contributed by atoms with Gasteiger partial charge in [-0.15, -0.1) is 0 Å². The molecule has 0 rings (SSSR count). The van der Waals surface area contributed by atoms with Gasteiger partial charge in [-0.1, -0.05) is 6.92 Å². The largest absolute Gasteiger partial charge is 0.385 e. The first-order chi connectivity index (χ1) is 7.12. The summed E-state index contributed by atoms with van der Waals surface area (Å²) in [5, 5.41) is 3.22. The van der Waals surface area contributed by atoms with Crippen LogP contribution in [0.4, 0.5) is 0 Å². The van der Waals surface area contributed by atoms with Gasteiger partial charge in [0, 0.05) is 19.5 Å². The molecule has 0 aliphatic carbocycles. The maximum absolute atomic E-state index is 11.1. The number of hydrogen-bond acceptors (Lipinski definition) is 4. The van der Waals surface area contributed by atoms with Crippen molar-refractivity contribution < 1.29 is 13.2 Å². The smallest absolute Gasteiger partial charge is 0.150 e. The number of methoxy groups -OCH3 is 1. The molecule has 0 amide bonds. The van der Waals surface area contributed by atoms with Gasteiger partial charge in [0.25, 0.3) is 0 Å². The van der Waals surface area contributed by atoms with Crippen LogP contribution in [-0.4, -0.2) is 46.7 Å². The van der Waals surface area contributed by atoms with Crippen molar-refractivity contribution in [3.05, 3.63) is 0 Å². The summed E-state index contributed by atoms with van der Waals surface area (Å²) in [6.45, 7) is 4.21. The van der Waals surface area contributed by atoms with Gasteiger partial charge in [0.1, 0.15) is 9.84 Å². The van der Waals surface area contributed by atoms with Crippen LogP contribution in [0.25, 0.3) is 0 Å². The van der Waals surface area contributed by atoms with Crippen LogP contribution in [0, 0.1) is 0 Å². The third-order valence-electron chi connectivity index (χ3n) is 2.20. The summed E-state index contributed by atoms with van der Waals surface area (Å²) in [5.74, 6) is 0.551. The quantitative estimate of drug-likeness (QED) is 0.572. The number of ether oxygens (including phenoxy) is 1. The fourth-order valence-corrected chi connectivity index (χ4v) is 2.06. The van der Waals surface area contributed by atoms with Crippen LogP contribution in [0.15, 0.2) is 0 Å². The fourth-order valence-electron chi connectivity index (χ4n) is 1.18. The van der Waals surface area contributed by atoms with E-state index in [2.05, 4.69) is 5.32 Å². The molecule has 5 heteroatoms. The SMILES string of the molecule is CCS(=O)(=O)CCCNCCCCOC. The number of hydrogen-bond donors (Lipinski definition) is 1. The van der Waals surface area contributed by atoms with Gasteiger partial charge in [0.15, 0.2) is 0 Å². The van der Waals surface area contributed by atoms with Gasteiger partial charge in [-0.2, -0.15) is 0 Å². The molecular formula is C10H23NO3S. The maximum Gasteiger partial charge on any atom is 0.150 e. The van der Waals surface area contributed by atoms with E-state index in [-0.39, 0.29) is 5.75 Å². The van der Waals surface area contributed by atoms with Gasteiger partial charge in [-0.3, -0.25) is 0 Å². The Hall–Kier alpha value is -0.130. The number of sulfone groups is 1. The molecule has 0 bridgehead atoms. The van der Waals surface area contributed by atoms with E-state index in [1.54, 1.807) is 14.0 Å². The highest BCUT2D eigenvalue weighted by molar-refractivity contribution is 7.91. The first-order valence-electron chi connectivity index (χ1n) is 5.52. The molecular weight excluding hydrogens is 214 g/mol. The van der Waals surface area contributed by atoms with Crippen molar-refractivity contribution in [1.29, 1.82) is 0 Å². The maximum atomic E-state index is 11.1. The first-order valence-corrected chi connectivity index (χ1v) is 7.34. The van der Waals surface area contributed by atoms with Crippen LogP contribution in [0.1, 0.15) is 26.2 Å². The lowest BCUT2D eigenvalue weighted by Gasteiger charge is -2.04. The highest BCUT2D eigenvalue weighted by Crippen LogP contribution is 1.92. The zero-order valence-electron chi connectivity index (χ0n) is 9.79. The van der Waals surface area contributed by atoms with Crippen molar-refractivity contribution in [3.8, 4) is 0 Å². The van der Waals surface area contributed by atoms with Crippen LogP contribution in [0.3, 0.4) is 0 Å². The van der Waals surface area contributed by atoms with E-state index in [0.717, 1.165) is 32.5 Å². The van der Waals surface area contributed by atoms with Crippen LogP contribution < -0.4 is 5.32 Å². The summed E-state index contributed by atoms with van der Waals surface area (Å²) in [7, 11) is -1.08. The van der Waals surface area contributed by atoms with Crippen LogP contribution in [0.2, 0.25) is 0 Å². The molecule has 0 radical (unpaired) electrons. The Kier molecular flexibility index (Phi) is 9.04. The minimum absolute atomic E-state index is 0.251. The Morgan fingerprint density at radius 1 is 1.13 bits per heavy atom. The molecule has 0 aliphatic heterocycles. The molecule has 0 aromatic carbocycles. The van der Waals surface area contributed by atoms with E-state index in [1.165, 1.54) is 0 Å². The molecule has 15 heavy (non-hydrogen) atoms. The summed E-state index contributed by atoms with van der Waals surface area (Å²) in [4.78, 5) is 0. The summed E-state index contributed by atoms with van der Waals surface area (Å²) in [5.41, 5.74) is 0. The number of unbranched alkanes of at least 4 members (excludes halogenated alkanes) is 1. The van der Waals surface area contributed by atoms with E-state index >= 15 is 0 Å². The average molecular weight is 237 g/mol. The molecule has 0 aliphatic rings. The van der Waals surface area contributed by atoms with Crippen molar-refractivity contribution in [3.63, 3.8) is 0 Å². The molecule has 4 nitrogen and oxygen atoms in total. The standard InChI is InChI=1S/C10H23NO3S/c1-3-15(12,13)10-6-8-11-7-4-5-9-14-2/h11H,3-10H2,1-2H3. The molecule has 1 N–H and O–H groups in total. The molecule has 0 saturated carbocycles. The molecule has 0 saturated heterocycles. The predicted molar refractivity (Wildman–Crippen MR) is 62.9 cm³/mol. The Labute approximate surface area is 93.3 Å². The second-order valence-corrected chi connectivity index (χ2v) is 6.01. The van der Waals surface area contributed by atoms with Crippen molar-refractivity contribution in [2.75, 3.05) is 38.3 Å². The van der Waals surface area contributed by atoms with Crippen molar-refractivity contribution in [2.24, 2.45) is 0 Å². The van der Waals surface area contributed by atoms with Crippen LogP contribution >= 0.6 is 0 Å². The van der Waals surface area contributed by atoms with Crippen LogP contribution in [-0.2, 0) is 14.6 Å². The summed E-state index contributed by atoms with van der Waals surface area (Å²) >= 11 is 0. The Balaban J connectivity index is 3.19. The highest BCUT2D eigenvalue weighted by atomic mass is 32.2. The third kappa shape index (κ3) is 10.2. The van der Waals surface area contributed by atoms with E-state index < -0.39 is 9.84 Å². The van der Waals surface area contributed by atoms with Gasteiger partial charge in [-0.05, 0) is 32.4 Å². The van der Waals surface area contributed by atoms with Crippen LogP contribution in [0.5, 0.6) is 0 Å². The molecule has 92 valence electrons. The highest BCUT2D eigenvalue weighted by Gasteiger charge is 2.05. The van der Waals surface area contributed by atoms with E-state index in [0.29, 0.717) is 12.2 Å². The first kappa shape index (κ1) is 14.9. The molecule has 0 unspecified atom stereocenters. The van der Waals surface area contributed by atoms with E-state index in [1.807, 2.05) is 0 Å². The number of nitrogens with one attached hydrogen (secondary N) is 1. The zero-order chi connectivity index (χ0) is 11.6. The summed E-state index contributed by atoms with van der Waals surface area (Å²) in [6.07, 6.45) is 2.84. The Morgan fingerprint density at radius 2 is 1.80 bits per heavy atom. The second-order valence-electron chi connectivity index (χ2n) is 3.54. The molecule has 0 spiro atoms. The molecule has 0 fully saturated rings. The third-order valence-corrected chi connectivity index (χ3v) is 3.99. The summed E-state index contributed by atoms with van der Waals surface area (Å²) in [6, 6.07) is 0. The predicted octanol–water partition coefficient (Wildman–Crippen LogP) is 0.827. The van der Waals surface area contributed by atoms with Gasteiger partial charge < -0.3 is 10.1 Å². The minimum Gasteiger partial charge on any atom is -0.385 e. The van der Waals surface area contributed by atoms with E-state index in [9.17, 15) is 8.42 Å². The van der Waals surface area contributed by atoms with Gasteiger partial charge in [-0.25, -0.2) is 8.42 Å². The topological polar surface area (TPSA) is 55.4 Å². The van der Waals surface area contributed by atoms with Gasteiger partial charge in [0.05, 0.1) is 5.75 Å². The lowest BCUT2D eigenvalue weighted by atomic mass is 10.3. The van der Waals surface area contributed by atoms with E-state index in [4.69, 9.17) is 4.74 Å². The zero-order valence-corrected chi connectivity index (χ0v) is 10.6. The lowest BCUT2D eigenvalue weighted by molar-refractivity contribution is 0.192. The van der Waals surface area contributed by atoms with Gasteiger partial charge >= 0.3 is 0 Å². The average Bonchev–Trinajstić information content (AvgIpc) is 2.22. The van der Waals surface area contributed by atoms with Gasteiger partial charge in [0.2, 0.25) is 0 Å². The monoisotopic (exact) mass is 237 g/mol. The Morgan fingerprint density at radius 3 is 2.40 bits per heavy atom. The lowest BCUT2D eigenvalue weighted by Crippen LogP contribution is -2.20.